The van der Waals surface area contributed by atoms with Crippen molar-refractivity contribution in [2.24, 2.45) is 0 Å². The second-order valence-corrected chi connectivity index (χ2v) is 6.85. The fourth-order valence-electron chi connectivity index (χ4n) is 2.36. The lowest BCUT2D eigenvalue weighted by molar-refractivity contribution is 0.564. The largest absolute Gasteiger partial charge is 0.365 e. The van der Waals surface area contributed by atoms with Gasteiger partial charge in [-0.25, -0.2) is 8.78 Å². The first-order chi connectivity index (χ1) is 8.51. The molecular weight excluding hydrogens is 276 g/mol. The SMILES string of the molecule is CC1CN(c2c(F)cc(CCl)cc2F)CC(C)S1. The van der Waals surface area contributed by atoms with Crippen molar-refractivity contribution >= 4 is 29.1 Å². The number of halogens is 3. The minimum atomic E-state index is -0.517. The van der Waals surface area contributed by atoms with Crippen LogP contribution in [0.15, 0.2) is 12.1 Å². The Morgan fingerprint density at radius 1 is 1.22 bits per heavy atom. The van der Waals surface area contributed by atoms with E-state index < -0.39 is 11.6 Å². The lowest BCUT2D eigenvalue weighted by atomic mass is 10.1. The lowest BCUT2D eigenvalue weighted by Gasteiger charge is -2.36. The molecule has 1 aromatic rings. The smallest absolute Gasteiger partial charge is 0.149 e. The van der Waals surface area contributed by atoms with Gasteiger partial charge in [0, 0.05) is 29.5 Å². The van der Waals surface area contributed by atoms with Gasteiger partial charge < -0.3 is 4.90 Å². The lowest BCUT2D eigenvalue weighted by Crippen LogP contribution is -2.41. The summed E-state index contributed by atoms with van der Waals surface area (Å²) in [6.45, 7) is 5.50. The zero-order chi connectivity index (χ0) is 13.3. The number of hydrogen-bond acceptors (Lipinski definition) is 2. The van der Waals surface area contributed by atoms with Crippen molar-refractivity contribution < 1.29 is 8.78 Å². The number of alkyl halides is 1. The molecule has 18 heavy (non-hydrogen) atoms. The quantitative estimate of drug-likeness (QED) is 0.757. The predicted octanol–water partition coefficient (Wildman–Crippen LogP) is 4.03. The molecule has 0 N–H and O–H groups in total. The molecule has 0 amide bonds. The van der Waals surface area contributed by atoms with Crippen LogP contribution in [0.4, 0.5) is 14.5 Å². The van der Waals surface area contributed by atoms with E-state index in [9.17, 15) is 8.78 Å². The van der Waals surface area contributed by atoms with Gasteiger partial charge in [0.25, 0.3) is 0 Å². The van der Waals surface area contributed by atoms with Gasteiger partial charge in [-0.3, -0.25) is 0 Å². The molecule has 0 spiro atoms. The number of anilines is 1. The number of thioether (sulfide) groups is 1. The molecule has 0 bridgehead atoms. The Morgan fingerprint density at radius 3 is 2.17 bits per heavy atom. The van der Waals surface area contributed by atoms with E-state index in [0.717, 1.165) is 0 Å². The van der Waals surface area contributed by atoms with Gasteiger partial charge in [0.2, 0.25) is 0 Å². The highest BCUT2D eigenvalue weighted by molar-refractivity contribution is 8.00. The first-order valence-electron chi connectivity index (χ1n) is 5.95. The van der Waals surface area contributed by atoms with E-state index in [1.54, 1.807) is 4.90 Å². The van der Waals surface area contributed by atoms with Gasteiger partial charge in [0.05, 0.1) is 0 Å². The van der Waals surface area contributed by atoms with E-state index in [0.29, 0.717) is 29.2 Å². The normalized spacial score (nSPS) is 24.4. The number of nitrogens with zero attached hydrogens (tertiary/aromatic N) is 1. The first-order valence-corrected chi connectivity index (χ1v) is 7.43. The summed E-state index contributed by atoms with van der Waals surface area (Å²) in [4.78, 5) is 1.80. The van der Waals surface area contributed by atoms with E-state index >= 15 is 0 Å². The molecule has 1 saturated heterocycles. The Labute approximate surface area is 115 Å². The highest BCUT2D eigenvalue weighted by Gasteiger charge is 2.26. The van der Waals surface area contributed by atoms with Gasteiger partial charge in [-0.2, -0.15) is 11.8 Å². The Bertz CT molecular complexity index is 408. The van der Waals surface area contributed by atoms with Gasteiger partial charge in [0.1, 0.15) is 17.3 Å². The molecule has 1 aromatic carbocycles. The Morgan fingerprint density at radius 2 is 1.72 bits per heavy atom. The van der Waals surface area contributed by atoms with Crippen molar-refractivity contribution in [3.05, 3.63) is 29.3 Å². The molecule has 100 valence electrons. The van der Waals surface area contributed by atoms with Crippen LogP contribution in [0.5, 0.6) is 0 Å². The molecule has 2 atom stereocenters. The van der Waals surface area contributed by atoms with Crippen molar-refractivity contribution in [3.8, 4) is 0 Å². The van der Waals surface area contributed by atoms with Crippen LogP contribution in [0.2, 0.25) is 0 Å². The summed E-state index contributed by atoms with van der Waals surface area (Å²) >= 11 is 7.46. The number of hydrogen-bond donors (Lipinski definition) is 0. The van der Waals surface area contributed by atoms with Crippen molar-refractivity contribution in [2.75, 3.05) is 18.0 Å². The highest BCUT2D eigenvalue weighted by Crippen LogP contribution is 2.32. The number of rotatable bonds is 2. The molecule has 1 aliphatic rings. The molecule has 1 aliphatic heterocycles. The Kier molecular flexibility index (Phi) is 4.38. The van der Waals surface area contributed by atoms with E-state index in [-0.39, 0.29) is 11.6 Å². The maximum absolute atomic E-state index is 14.0. The van der Waals surface area contributed by atoms with E-state index in [2.05, 4.69) is 13.8 Å². The van der Waals surface area contributed by atoms with Gasteiger partial charge in [-0.1, -0.05) is 13.8 Å². The van der Waals surface area contributed by atoms with Crippen molar-refractivity contribution in [1.29, 1.82) is 0 Å². The van der Waals surface area contributed by atoms with Gasteiger partial charge in [-0.05, 0) is 17.7 Å². The molecule has 5 heteroatoms. The van der Waals surface area contributed by atoms with Crippen LogP contribution in [-0.4, -0.2) is 23.6 Å². The van der Waals surface area contributed by atoms with Crippen LogP contribution in [0.3, 0.4) is 0 Å². The van der Waals surface area contributed by atoms with Gasteiger partial charge >= 0.3 is 0 Å². The third-order valence-corrected chi connectivity index (χ3v) is 4.50. The second-order valence-electron chi connectivity index (χ2n) is 4.70. The van der Waals surface area contributed by atoms with E-state index in [1.165, 1.54) is 12.1 Å². The Hall–Kier alpha value is -0.480. The van der Waals surface area contributed by atoms with Crippen LogP contribution in [0, 0.1) is 11.6 Å². The third kappa shape index (κ3) is 2.91. The summed E-state index contributed by atoms with van der Waals surface area (Å²) in [6.07, 6.45) is 0. The zero-order valence-electron chi connectivity index (χ0n) is 10.4. The standard InChI is InChI=1S/C13H16ClF2NS/c1-8-6-17(7-9(2)18-8)13-11(15)3-10(5-14)4-12(13)16/h3-4,8-9H,5-7H2,1-2H3. The summed E-state index contributed by atoms with van der Waals surface area (Å²) in [5, 5.41) is 0.750. The average molecular weight is 292 g/mol. The highest BCUT2D eigenvalue weighted by atomic mass is 35.5. The third-order valence-electron chi connectivity index (χ3n) is 2.97. The number of benzene rings is 1. The molecule has 2 unspecified atom stereocenters. The van der Waals surface area contributed by atoms with Crippen LogP contribution >= 0.6 is 23.4 Å². The second kappa shape index (κ2) is 5.66. The molecule has 2 rings (SSSR count). The fourth-order valence-corrected chi connectivity index (χ4v) is 3.84. The first kappa shape index (κ1) is 13.9. The summed E-state index contributed by atoms with van der Waals surface area (Å²) in [6, 6.07) is 2.64. The molecule has 1 fully saturated rings. The van der Waals surface area contributed by atoms with Gasteiger partial charge in [0.15, 0.2) is 0 Å². The fraction of sp³-hybridized carbons (Fsp3) is 0.538. The zero-order valence-corrected chi connectivity index (χ0v) is 12.0. The summed E-state index contributed by atoms with van der Waals surface area (Å²) in [5.41, 5.74) is 0.561. The summed E-state index contributed by atoms with van der Waals surface area (Å²) in [5.74, 6) is -0.912. The predicted molar refractivity (Wildman–Crippen MR) is 74.6 cm³/mol. The molecule has 0 saturated carbocycles. The van der Waals surface area contributed by atoms with Crippen molar-refractivity contribution in [3.63, 3.8) is 0 Å². The van der Waals surface area contributed by atoms with Gasteiger partial charge in [-0.15, -0.1) is 11.6 Å². The van der Waals surface area contributed by atoms with Crippen LogP contribution in [0.1, 0.15) is 19.4 Å². The minimum Gasteiger partial charge on any atom is -0.365 e. The van der Waals surface area contributed by atoms with Crippen molar-refractivity contribution in [2.45, 2.75) is 30.2 Å². The molecule has 1 nitrogen and oxygen atoms in total. The Balaban J connectivity index is 2.32. The monoisotopic (exact) mass is 291 g/mol. The van der Waals surface area contributed by atoms with Crippen LogP contribution in [-0.2, 0) is 5.88 Å². The molecule has 0 aromatic heterocycles. The molecular formula is C13H16ClF2NS. The minimum absolute atomic E-state index is 0.0860. The summed E-state index contributed by atoms with van der Waals surface area (Å²) in [7, 11) is 0. The van der Waals surface area contributed by atoms with Crippen molar-refractivity contribution in [1.82, 2.24) is 0 Å². The van der Waals surface area contributed by atoms with E-state index in [1.807, 2.05) is 11.8 Å². The van der Waals surface area contributed by atoms with Crippen LogP contribution in [0.25, 0.3) is 0 Å². The molecule has 0 aliphatic carbocycles. The topological polar surface area (TPSA) is 3.24 Å². The average Bonchev–Trinajstić information content (AvgIpc) is 2.26. The maximum Gasteiger partial charge on any atom is 0.149 e. The van der Waals surface area contributed by atoms with Crippen LogP contribution < -0.4 is 4.90 Å². The molecule has 1 heterocycles. The summed E-state index contributed by atoms with van der Waals surface area (Å²) < 4.78 is 28.0. The molecule has 0 radical (unpaired) electrons. The maximum atomic E-state index is 14.0. The van der Waals surface area contributed by atoms with E-state index in [4.69, 9.17) is 11.6 Å².